The van der Waals surface area contributed by atoms with Crippen LogP contribution in [0.15, 0.2) is 24.4 Å². The Labute approximate surface area is 118 Å². The van der Waals surface area contributed by atoms with E-state index in [1.165, 1.54) is 15.7 Å². The molecule has 0 aromatic carbocycles. The standard InChI is InChI=1S/C13H12N4O2S/c1-7-8(2)20-13(14-7)16-11-10(12(18)19)17-6-4-3-5-9(17)15-11/h3-6H,1-2H3,(H,14,16)(H,18,19). The number of pyridine rings is 1. The van der Waals surface area contributed by atoms with Gasteiger partial charge in [0.25, 0.3) is 0 Å². The van der Waals surface area contributed by atoms with E-state index in [9.17, 15) is 9.90 Å². The Kier molecular flexibility index (Phi) is 2.90. The molecule has 0 bridgehead atoms. The van der Waals surface area contributed by atoms with Gasteiger partial charge >= 0.3 is 5.97 Å². The van der Waals surface area contributed by atoms with E-state index in [4.69, 9.17) is 0 Å². The molecule has 0 spiro atoms. The van der Waals surface area contributed by atoms with Crippen LogP contribution in [0.2, 0.25) is 0 Å². The van der Waals surface area contributed by atoms with E-state index in [1.807, 2.05) is 19.9 Å². The van der Waals surface area contributed by atoms with Gasteiger partial charge in [-0.15, -0.1) is 11.3 Å². The number of anilines is 2. The molecule has 0 radical (unpaired) electrons. The van der Waals surface area contributed by atoms with Crippen LogP contribution in [0.25, 0.3) is 5.65 Å². The number of nitrogens with zero attached hydrogens (tertiary/aromatic N) is 3. The van der Waals surface area contributed by atoms with Crippen molar-refractivity contribution in [1.82, 2.24) is 14.4 Å². The fraction of sp³-hybridized carbons (Fsp3) is 0.154. The number of rotatable bonds is 3. The molecule has 3 rings (SSSR count). The number of fused-ring (bicyclic) bond motifs is 1. The molecule has 7 heteroatoms. The van der Waals surface area contributed by atoms with Crippen LogP contribution in [0.3, 0.4) is 0 Å². The summed E-state index contributed by atoms with van der Waals surface area (Å²) in [5.74, 6) is -0.728. The second kappa shape index (κ2) is 4.61. The summed E-state index contributed by atoms with van der Waals surface area (Å²) >= 11 is 1.48. The number of aromatic nitrogens is 3. The summed E-state index contributed by atoms with van der Waals surface area (Å²) in [6, 6.07) is 5.34. The van der Waals surface area contributed by atoms with Gasteiger partial charge in [-0.2, -0.15) is 0 Å². The summed E-state index contributed by atoms with van der Waals surface area (Å²) < 4.78 is 1.54. The smallest absolute Gasteiger partial charge is 0.356 e. The van der Waals surface area contributed by atoms with Crippen molar-refractivity contribution < 1.29 is 9.90 Å². The number of carboxylic acid groups (broad SMARTS) is 1. The maximum atomic E-state index is 11.4. The van der Waals surface area contributed by atoms with Crippen molar-refractivity contribution in [2.45, 2.75) is 13.8 Å². The third-order valence-electron chi connectivity index (χ3n) is 2.99. The van der Waals surface area contributed by atoms with E-state index in [0.717, 1.165) is 10.6 Å². The van der Waals surface area contributed by atoms with Crippen LogP contribution < -0.4 is 5.32 Å². The molecule has 3 aromatic heterocycles. The molecule has 2 N–H and O–H groups in total. The zero-order chi connectivity index (χ0) is 14.3. The highest BCUT2D eigenvalue weighted by Crippen LogP contribution is 2.27. The quantitative estimate of drug-likeness (QED) is 0.774. The molecule has 0 saturated heterocycles. The van der Waals surface area contributed by atoms with E-state index in [2.05, 4.69) is 15.3 Å². The van der Waals surface area contributed by atoms with Crippen molar-refractivity contribution in [3.8, 4) is 0 Å². The van der Waals surface area contributed by atoms with Crippen LogP contribution in [0.4, 0.5) is 10.9 Å². The van der Waals surface area contributed by atoms with Crippen molar-refractivity contribution in [3.63, 3.8) is 0 Å². The van der Waals surface area contributed by atoms with Gasteiger partial charge in [-0.1, -0.05) is 6.07 Å². The first-order valence-electron chi connectivity index (χ1n) is 5.97. The number of aryl methyl sites for hydroxylation is 2. The first-order chi connectivity index (χ1) is 9.56. The largest absolute Gasteiger partial charge is 0.476 e. The average Bonchev–Trinajstić information content (AvgIpc) is 2.90. The number of hydrogen-bond donors (Lipinski definition) is 2. The molecule has 0 aliphatic heterocycles. The zero-order valence-electron chi connectivity index (χ0n) is 10.9. The molecular formula is C13H12N4O2S. The van der Waals surface area contributed by atoms with E-state index in [-0.39, 0.29) is 5.69 Å². The number of hydrogen-bond acceptors (Lipinski definition) is 5. The number of carbonyl (C=O) groups is 1. The second-order valence-corrected chi connectivity index (χ2v) is 5.53. The number of nitrogens with one attached hydrogen (secondary N) is 1. The molecule has 20 heavy (non-hydrogen) atoms. The molecule has 0 aliphatic carbocycles. The Balaban J connectivity index is 2.10. The third-order valence-corrected chi connectivity index (χ3v) is 3.97. The second-order valence-electron chi connectivity index (χ2n) is 4.33. The molecule has 0 saturated carbocycles. The topological polar surface area (TPSA) is 79.5 Å². The lowest BCUT2D eigenvalue weighted by Gasteiger charge is -2.00. The van der Waals surface area contributed by atoms with Crippen LogP contribution in [0, 0.1) is 13.8 Å². The van der Waals surface area contributed by atoms with Gasteiger partial charge in [0.15, 0.2) is 16.6 Å². The third kappa shape index (κ3) is 2.01. The van der Waals surface area contributed by atoms with Gasteiger partial charge < -0.3 is 10.4 Å². The molecule has 0 unspecified atom stereocenters. The van der Waals surface area contributed by atoms with Crippen molar-refractivity contribution >= 4 is 33.9 Å². The molecule has 0 fully saturated rings. The lowest BCUT2D eigenvalue weighted by molar-refractivity contribution is 0.0690. The molecule has 0 aliphatic rings. The summed E-state index contributed by atoms with van der Waals surface area (Å²) in [7, 11) is 0. The van der Waals surface area contributed by atoms with Gasteiger partial charge in [-0.05, 0) is 26.0 Å². The molecule has 0 atom stereocenters. The highest BCUT2D eigenvalue weighted by Gasteiger charge is 2.19. The summed E-state index contributed by atoms with van der Waals surface area (Å²) in [5, 5.41) is 13.0. The maximum absolute atomic E-state index is 11.4. The van der Waals surface area contributed by atoms with Crippen LogP contribution in [-0.2, 0) is 0 Å². The summed E-state index contributed by atoms with van der Waals surface area (Å²) in [5.41, 5.74) is 1.61. The predicted molar refractivity (Wildman–Crippen MR) is 77.0 cm³/mol. The highest BCUT2D eigenvalue weighted by molar-refractivity contribution is 7.15. The van der Waals surface area contributed by atoms with Crippen LogP contribution in [-0.4, -0.2) is 25.4 Å². The lowest BCUT2D eigenvalue weighted by Crippen LogP contribution is -2.05. The van der Waals surface area contributed by atoms with Gasteiger partial charge in [0, 0.05) is 11.1 Å². The maximum Gasteiger partial charge on any atom is 0.356 e. The van der Waals surface area contributed by atoms with Crippen LogP contribution in [0.5, 0.6) is 0 Å². The summed E-state index contributed by atoms with van der Waals surface area (Å²) in [4.78, 5) is 21.2. The van der Waals surface area contributed by atoms with E-state index in [1.54, 1.807) is 18.3 Å². The number of carboxylic acids is 1. The Morgan fingerprint density at radius 3 is 2.80 bits per heavy atom. The molecule has 3 aromatic rings. The predicted octanol–water partition coefficient (Wildman–Crippen LogP) is 2.85. The van der Waals surface area contributed by atoms with Gasteiger partial charge in [-0.25, -0.2) is 14.8 Å². The Morgan fingerprint density at radius 1 is 1.35 bits per heavy atom. The molecular weight excluding hydrogens is 276 g/mol. The van der Waals surface area contributed by atoms with Gasteiger partial charge in [-0.3, -0.25) is 4.40 Å². The highest BCUT2D eigenvalue weighted by atomic mass is 32.1. The van der Waals surface area contributed by atoms with E-state index in [0.29, 0.717) is 16.6 Å². The van der Waals surface area contributed by atoms with Gasteiger partial charge in [0.1, 0.15) is 5.65 Å². The average molecular weight is 288 g/mol. The fourth-order valence-corrected chi connectivity index (χ4v) is 2.73. The van der Waals surface area contributed by atoms with Crippen molar-refractivity contribution in [3.05, 3.63) is 40.7 Å². The number of aromatic carboxylic acids is 1. The molecule has 3 heterocycles. The Morgan fingerprint density at radius 2 is 2.15 bits per heavy atom. The van der Waals surface area contributed by atoms with Crippen molar-refractivity contribution in [1.29, 1.82) is 0 Å². The molecule has 6 nitrogen and oxygen atoms in total. The molecule has 102 valence electrons. The monoisotopic (exact) mass is 288 g/mol. The van der Waals surface area contributed by atoms with E-state index < -0.39 is 5.97 Å². The lowest BCUT2D eigenvalue weighted by atomic mass is 10.4. The summed E-state index contributed by atoms with van der Waals surface area (Å²) in [6.45, 7) is 3.89. The van der Waals surface area contributed by atoms with E-state index >= 15 is 0 Å². The Bertz CT molecular complexity index is 786. The first kappa shape index (κ1) is 12.6. The molecule has 0 amide bonds. The van der Waals surface area contributed by atoms with Crippen molar-refractivity contribution in [2.24, 2.45) is 0 Å². The van der Waals surface area contributed by atoms with Crippen LogP contribution >= 0.6 is 11.3 Å². The van der Waals surface area contributed by atoms with Crippen molar-refractivity contribution in [2.75, 3.05) is 5.32 Å². The van der Waals surface area contributed by atoms with Gasteiger partial charge in [0.05, 0.1) is 5.69 Å². The zero-order valence-corrected chi connectivity index (χ0v) is 11.7. The minimum absolute atomic E-state index is 0.103. The van der Waals surface area contributed by atoms with Gasteiger partial charge in [0.2, 0.25) is 0 Å². The minimum atomic E-state index is -1.03. The Hall–Kier alpha value is -2.41. The fourth-order valence-electron chi connectivity index (χ4n) is 1.91. The number of thiazole rings is 1. The minimum Gasteiger partial charge on any atom is -0.476 e. The first-order valence-corrected chi connectivity index (χ1v) is 6.79. The normalized spacial score (nSPS) is 10.9. The van der Waals surface area contributed by atoms with Crippen LogP contribution in [0.1, 0.15) is 21.1 Å². The SMILES string of the molecule is Cc1nc(Nc2nc3ccccn3c2C(=O)O)sc1C. The number of imidazole rings is 1. The summed E-state index contributed by atoms with van der Waals surface area (Å²) in [6.07, 6.45) is 1.68.